The van der Waals surface area contributed by atoms with E-state index in [4.69, 9.17) is 14.2 Å². The SMILES string of the molecule is COc1cc(Nc2nccc(-c3ccc(OCC4CC4)c(C#N)c3)n2)ccc1CN1CC(OC)C1. The lowest BCUT2D eigenvalue weighted by Crippen LogP contribution is -2.50. The van der Waals surface area contributed by atoms with E-state index in [0.29, 0.717) is 35.9 Å². The van der Waals surface area contributed by atoms with Gasteiger partial charge in [0.05, 0.1) is 31.1 Å². The van der Waals surface area contributed by atoms with E-state index in [2.05, 4.69) is 32.3 Å². The van der Waals surface area contributed by atoms with Crippen molar-refractivity contribution in [3.63, 3.8) is 0 Å². The molecule has 0 spiro atoms. The maximum atomic E-state index is 9.60. The van der Waals surface area contributed by atoms with Gasteiger partial charge in [-0.1, -0.05) is 6.07 Å². The molecule has 2 aliphatic rings. The standard InChI is InChI=1S/C27H29N5O3/c1-33-23-15-32(16-23)14-20-5-7-22(12-26(20)34-2)30-27-29-10-9-24(31-27)19-6-8-25(21(11-19)13-28)35-17-18-3-4-18/h5-12,18,23H,3-4,14-17H2,1-2H3,(H,29,30,31). The summed E-state index contributed by atoms with van der Waals surface area (Å²) in [6.07, 6.45) is 4.44. The van der Waals surface area contributed by atoms with Crippen molar-refractivity contribution in [2.24, 2.45) is 5.92 Å². The maximum Gasteiger partial charge on any atom is 0.227 e. The first-order valence-electron chi connectivity index (χ1n) is 11.8. The highest BCUT2D eigenvalue weighted by molar-refractivity contribution is 5.66. The first-order chi connectivity index (χ1) is 17.1. The number of nitrogens with zero attached hydrogens (tertiary/aromatic N) is 4. The van der Waals surface area contributed by atoms with E-state index in [-0.39, 0.29) is 0 Å². The lowest BCUT2D eigenvalue weighted by atomic mass is 10.1. The highest BCUT2D eigenvalue weighted by Crippen LogP contribution is 2.32. The van der Waals surface area contributed by atoms with Gasteiger partial charge in [-0.2, -0.15) is 5.26 Å². The summed E-state index contributed by atoms with van der Waals surface area (Å²) in [6, 6.07) is 15.7. The number of likely N-dealkylation sites (tertiary alicyclic amines) is 1. The van der Waals surface area contributed by atoms with Crippen LogP contribution in [-0.4, -0.2) is 54.9 Å². The Morgan fingerprint density at radius 2 is 1.94 bits per heavy atom. The van der Waals surface area contributed by atoms with Gasteiger partial charge in [0.25, 0.3) is 0 Å². The Morgan fingerprint density at radius 1 is 1.09 bits per heavy atom. The second-order valence-corrected chi connectivity index (χ2v) is 9.05. The molecule has 0 atom stereocenters. The monoisotopic (exact) mass is 471 g/mol. The number of methoxy groups -OCH3 is 2. The Bertz CT molecular complexity index is 1230. The Hall–Kier alpha value is -3.67. The minimum Gasteiger partial charge on any atom is -0.496 e. The number of anilines is 2. The fourth-order valence-corrected chi connectivity index (χ4v) is 4.10. The van der Waals surface area contributed by atoms with Crippen LogP contribution in [0.2, 0.25) is 0 Å². The van der Waals surface area contributed by atoms with Crippen molar-refractivity contribution < 1.29 is 14.2 Å². The largest absolute Gasteiger partial charge is 0.496 e. The third-order valence-electron chi connectivity index (χ3n) is 6.42. The normalized spacial score (nSPS) is 15.8. The summed E-state index contributed by atoms with van der Waals surface area (Å²) in [5.41, 5.74) is 4.03. The van der Waals surface area contributed by atoms with Crippen LogP contribution in [0.3, 0.4) is 0 Å². The summed E-state index contributed by atoms with van der Waals surface area (Å²) in [5.74, 6) is 2.53. The van der Waals surface area contributed by atoms with Crippen LogP contribution in [0.25, 0.3) is 11.3 Å². The summed E-state index contributed by atoms with van der Waals surface area (Å²) in [6.45, 7) is 3.35. The Morgan fingerprint density at radius 3 is 2.69 bits per heavy atom. The molecule has 1 saturated heterocycles. The van der Waals surface area contributed by atoms with Crippen LogP contribution in [-0.2, 0) is 11.3 Å². The first kappa shape index (κ1) is 23.1. The zero-order valence-corrected chi connectivity index (χ0v) is 20.0. The van der Waals surface area contributed by atoms with Crippen LogP contribution < -0.4 is 14.8 Å². The summed E-state index contributed by atoms with van der Waals surface area (Å²) >= 11 is 0. The van der Waals surface area contributed by atoms with Crippen LogP contribution in [0.1, 0.15) is 24.0 Å². The number of nitrogens with one attached hydrogen (secondary N) is 1. The van der Waals surface area contributed by atoms with E-state index in [1.54, 1.807) is 20.4 Å². The van der Waals surface area contributed by atoms with Gasteiger partial charge in [0.1, 0.15) is 17.6 Å². The molecule has 1 aromatic heterocycles. The van der Waals surface area contributed by atoms with Crippen molar-refractivity contribution in [3.05, 3.63) is 59.8 Å². The van der Waals surface area contributed by atoms with E-state index >= 15 is 0 Å². The molecule has 8 heteroatoms. The molecular formula is C27H29N5O3. The summed E-state index contributed by atoms with van der Waals surface area (Å²) in [7, 11) is 3.43. The highest BCUT2D eigenvalue weighted by Gasteiger charge is 2.27. The number of nitriles is 1. The molecule has 2 aromatic carbocycles. The molecule has 0 unspecified atom stereocenters. The summed E-state index contributed by atoms with van der Waals surface area (Å²) in [5, 5.41) is 12.9. The predicted molar refractivity (Wildman–Crippen MR) is 133 cm³/mol. The molecule has 0 radical (unpaired) electrons. The molecule has 1 saturated carbocycles. The Labute approximate surface area is 205 Å². The summed E-state index contributed by atoms with van der Waals surface area (Å²) in [4.78, 5) is 11.3. The molecule has 1 N–H and O–H groups in total. The topological polar surface area (TPSA) is 92.5 Å². The average Bonchev–Trinajstić information content (AvgIpc) is 3.70. The third kappa shape index (κ3) is 5.53. The van der Waals surface area contributed by atoms with E-state index < -0.39 is 0 Å². The van der Waals surface area contributed by atoms with E-state index in [0.717, 1.165) is 47.9 Å². The fraction of sp³-hybridized carbons (Fsp3) is 0.370. The minimum atomic E-state index is 0.321. The zero-order chi connectivity index (χ0) is 24.2. The van der Waals surface area contributed by atoms with Crippen LogP contribution in [0.5, 0.6) is 11.5 Å². The zero-order valence-electron chi connectivity index (χ0n) is 20.0. The molecule has 1 aliphatic heterocycles. The van der Waals surface area contributed by atoms with Gasteiger partial charge < -0.3 is 19.5 Å². The smallest absolute Gasteiger partial charge is 0.227 e. The number of hydrogen-bond acceptors (Lipinski definition) is 8. The number of rotatable bonds is 10. The minimum absolute atomic E-state index is 0.321. The Balaban J connectivity index is 1.29. The molecule has 2 heterocycles. The molecule has 35 heavy (non-hydrogen) atoms. The maximum absolute atomic E-state index is 9.60. The van der Waals surface area contributed by atoms with Crippen LogP contribution in [0.4, 0.5) is 11.6 Å². The second kappa shape index (κ2) is 10.3. The van der Waals surface area contributed by atoms with Crippen LogP contribution in [0, 0.1) is 17.2 Å². The second-order valence-electron chi connectivity index (χ2n) is 9.05. The third-order valence-corrected chi connectivity index (χ3v) is 6.42. The van der Waals surface area contributed by atoms with Gasteiger partial charge in [-0.05, 0) is 49.1 Å². The average molecular weight is 472 g/mol. The van der Waals surface area contributed by atoms with Crippen molar-refractivity contribution in [2.45, 2.75) is 25.5 Å². The molecule has 180 valence electrons. The highest BCUT2D eigenvalue weighted by atomic mass is 16.5. The van der Waals surface area contributed by atoms with Gasteiger partial charge in [-0.15, -0.1) is 0 Å². The van der Waals surface area contributed by atoms with Gasteiger partial charge in [0, 0.05) is 55.8 Å². The van der Waals surface area contributed by atoms with E-state index in [9.17, 15) is 5.26 Å². The molecule has 8 nitrogen and oxygen atoms in total. The molecular weight excluding hydrogens is 442 g/mol. The van der Waals surface area contributed by atoms with E-state index in [1.165, 1.54) is 12.8 Å². The lowest BCUT2D eigenvalue weighted by Gasteiger charge is -2.38. The van der Waals surface area contributed by atoms with Crippen molar-refractivity contribution >= 4 is 11.6 Å². The van der Waals surface area contributed by atoms with Gasteiger partial charge >= 0.3 is 0 Å². The van der Waals surface area contributed by atoms with Crippen LogP contribution in [0.15, 0.2) is 48.7 Å². The van der Waals surface area contributed by atoms with Crippen molar-refractivity contribution in [1.82, 2.24) is 14.9 Å². The van der Waals surface area contributed by atoms with Gasteiger partial charge in [0.2, 0.25) is 5.95 Å². The van der Waals surface area contributed by atoms with Crippen molar-refractivity contribution in [3.8, 4) is 28.8 Å². The number of aromatic nitrogens is 2. The van der Waals surface area contributed by atoms with Crippen molar-refractivity contribution in [1.29, 1.82) is 5.26 Å². The molecule has 0 amide bonds. The van der Waals surface area contributed by atoms with Gasteiger partial charge in [0.15, 0.2) is 0 Å². The number of hydrogen-bond donors (Lipinski definition) is 1. The fourth-order valence-electron chi connectivity index (χ4n) is 4.10. The Kier molecular flexibility index (Phi) is 6.80. The number of ether oxygens (including phenoxy) is 3. The lowest BCUT2D eigenvalue weighted by molar-refractivity contribution is -0.0336. The quantitative estimate of drug-likeness (QED) is 0.466. The molecule has 0 bridgehead atoms. The number of benzene rings is 2. The van der Waals surface area contributed by atoms with Gasteiger partial charge in [-0.25, -0.2) is 9.97 Å². The van der Waals surface area contributed by atoms with Gasteiger partial charge in [-0.3, -0.25) is 4.90 Å². The predicted octanol–water partition coefficient (Wildman–Crippen LogP) is 4.39. The van der Waals surface area contributed by atoms with Crippen LogP contribution >= 0.6 is 0 Å². The molecule has 2 fully saturated rings. The molecule has 5 rings (SSSR count). The van der Waals surface area contributed by atoms with E-state index in [1.807, 2.05) is 36.4 Å². The first-order valence-corrected chi connectivity index (χ1v) is 11.8. The molecule has 3 aromatic rings. The summed E-state index contributed by atoms with van der Waals surface area (Å²) < 4.78 is 16.8. The van der Waals surface area contributed by atoms with Crippen molar-refractivity contribution in [2.75, 3.05) is 39.2 Å². The molecule has 1 aliphatic carbocycles.